The molecule has 1 saturated carbocycles. The minimum Gasteiger partial charge on any atom is -0.390 e. The number of fused-ring (bicyclic) bond motifs is 2. The van der Waals surface area contributed by atoms with Crippen LogP contribution in [0.15, 0.2) is 41.9 Å². The number of aliphatic hydroxyl groups excluding tert-OH is 2. The molecule has 0 spiro atoms. The van der Waals surface area contributed by atoms with Crippen molar-refractivity contribution in [3.8, 4) is 11.3 Å². The molecule has 144 valence electrons. The topological polar surface area (TPSA) is 82.7 Å². The number of nitrogens with zero attached hydrogens (tertiary/aromatic N) is 3. The van der Waals surface area contributed by atoms with Gasteiger partial charge in [0.25, 0.3) is 0 Å². The van der Waals surface area contributed by atoms with Crippen LogP contribution in [-0.2, 0) is 0 Å². The van der Waals surface area contributed by atoms with Crippen LogP contribution in [0.1, 0.15) is 13.3 Å². The maximum absolute atomic E-state index is 13.7. The fraction of sp³-hybridized carbons (Fsp3) is 0.300. The van der Waals surface area contributed by atoms with Crippen molar-refractivity contribution in [3.05, 3.63) is 47.7 Å². The highest BCUT2D eigenvalue weighted by Gasteiger charge is 2.39. The van der Waals surface area contributed by atoms with E-state index in [0.29, 0.717) is 23.6 Å². The molecule has 5 rings (SSSR count). The monoisotopic (exact) mass is 398 g/mol. The fourth-order valence-corrected chi connectivity index (χ4v) is 4.86. The van der Waals surface area contributed by atoms with E-state index in [0.717, 1.165) is 15.6 Å². The third kappa shape index (κ3) is 2.76. The number of aromatic nitrogens is 3. The second-order valence-corrected chi connectivity index (χ2v) is 8.28. The van der Waals surface area contributed by atoms with E-state index in [1.54, 1.807) is 34.2 Å². The third-order valence-corrected chi connectivity index (χ3v) is 6.44. The van der Waals surface area contributed by atoms with Crippen molar-refractivity contribution in [2.24, 2.45) is 5.92 Å². The zero-order valence-corrected chi connectivity index (χ0v) is 15.9. The fourth-order valence-electron chi connectivity index (χ4n) is 3.92. The number of hydrogen-bond acceptors (Lipinski definition) is 6. The lowest BCUT2D eigenvalue weighted by atomic mass is 10.1. The van der Waals surface area contributed by atoms with Crippen molar-refractivity contribution in [2.75, 3.05) is 5.32 Å². The number of rotatable bonds is 3. The quantitative estimate of drug-likeness (QED) is 0.493. The van der Waals surface area contributed by atoms with Gasteiger partial charge in [-0.2, -0.15) is 9.61 Å². The van der Waals surface area contributed by atoms with Crippen molar-refractivity contribution in [2.45, 2.75) is 31.6 Å². The molecule has 3 heterocycles. The van der Waals surface area contributed by atoms with Crippen molar-refractivity contribution in [3.63, 3.8) is 0 Å². The molecule has 0 aliphatic heterocycles. The van der Waals surface area contributed by atoms with Gasteiger partial charge in [-0.1, -0.05) is 6.92 Å². The first-order valence-corrected chi connectivity index (χ1v) is 10.0. The van der Waals surface area contributed by atoms with E-state index in [4.69, 9.17) is 0 Å². The Balaban J connectivity index is 1.55. The van der Waals surface area contributed by atoms with Gasteiger partial charge in [-0.15, -0.1) is 11.3 Å². The van der Waals surface area contributed by atoms with Crippen LogP contribution >= 0.6 is 11.3 Å². The highest BCUT2D eigenvalue weighted by atomic mass is 32.1. The Morgan fingerprint density at radius 2 is 2.07 bits per heavy atom. The van der Waals surface area contributed by atoms with Gasteiger partial charge in [0.15, 0.2) is 5.65 Å². The Labute approximate surface area is 164 Å². The van der Waals surface area contributed by atoms with Crippen molar-refractivity contribution in [1.82, 2.24) is 14.6 Å². The van der Waals surface area contributed by atoms with Crippen LogP contribution in [0.25, 0.3) is 27.0 Å². The molecule has 3 N–H and O–H groups in total. The highest BCUT2D eigenvalue weighted by Crippen LogP contribution is 2.35. The number of nitrogens with one attached hydrogen (secondary N) is 1. The third-order valence-electron chi connectivity index (χ3n) is 5.47. The lowest BCUT2D eigenvalue weighted by Crippen LogP contribution is -2.35. The second-order valence-electron chi connectivity index (χ2n) is 7.36. The Kier molecular flexibility index (Phi) is 4.08. The number of aliphatic hydroxyl groups is 2. The van der Waals surface area contributed by atoms with Gasteiger partial charge in [0.1, 0.15) is 17.7 Å². The van der Waals surface area contributed by atoms with E-state index >= 15 is 0 Å². The standard InChI is InChI=1S/C20H19FN4O2S/c1-10-6-15(20(27)19(10)26)23-17-4-5-22-18-8-14(24-25(17)18)13-9-28-16-3-2-11(21)7-12(13)16/h2-5,7-10,15,19-20,23,26-27H,6H2,1H3/t10-,15-,19-,20+/m1/s1. The normalized spacial score (nSPS) is 25.0. The SMILES string of the molecule is C[C@@H]1C[C@@H](Nc2ccnc3cc(-c4csc5ccc(F)cc45)nn23)[C@H](O)[C@@H]1O. The van der Waals surface area contributed by atoms with E-state index in [-0.39, 0.29) is 17.8 Å². The van der Waals surface area contributed by atoms with Crippen molar-refractivity contribution in [1.29, 1.82) is 0 Å². The van der Waals surface area contributed by atoms with Crippen LogP contribution in [0, 0.1) is 11.7 Å². The smallest absolute Gasteiger partial charge is 0.157 e. The molecule has 1 aliphatic rings. The molecule has 0 radical (unpaired) electrons. The minimum absolute atomic E-state index is 0.0186. The van der Waals surface area contributed by atoms with Crippen LogP contribution in [-0.4, -0.2) is 43.1 Å². The molecule has 8 heteroatoms. The number of halogens is 1. The van der Waals surface area contributed by atoms with Gasteiger partial charge in [-0.25, -0.2) is 9.37 Å². The van der Waals surface area contributed by atoms with Gasteiger partial charge in [-0.05, 0) is 36.6 Å². The Hall–Kier alpha value is -2.55. The summed E-state index contributed by atoms with van der Waals surface area (Å²) in [6.07, 6.45) is 0.761. The first-order valence-electron chi connectivity index (χ1n) is 9.16. The Morgan fingerprint density at radius 3 is 2.86 bits per heavy atom. The van der Waals surface area contributed by atoms with Gasteiger partial charge in [0.2, 0.25) is 0 Å². The summed E-state index contributed by atoms with van der Waals surface area (Å²) in [6.45, 7) is 1.92. The summed E-state index contributed by atoms with van der Waals surface area (Å²) in [5, 5.41) is 31.1. The number of benzene rings is 1. The van der Waals surface area contributed by atoms with Gasteiger partial charge in [0.05, 0.1) is 17.8 Å². The molecule has 1 fully saturated rings. The van der Waals surface area contributed by atoms with Crippen LogP contribution in [0.3, 0.4) is 0 Å². The second kappa shape index (κ2) is 6.51. The first kappa shape index (κ1) is 17.5. The van der Waals surface area contributed by atoms with Crippen LogP contribution in [0.5, 0.6) is 0 Å². The van der Waals surface area contributed by atoms with Crippen LogP contribution in [0.4, 0.5) is 10.2 Å². The maximum atomic E-state index is 13.7. The van der Waals surface area contributed by atoms with E-state index in [1.165, 1.54) is 12.1 Å². The van der Waals surface area contributed by atoms with Gasteiger partial charge in [0, 0.05) is 33.3 Å². The predicted octanol–water partition coefficient (Wildman–Crippen LogP) is 3.29. The summed E-state index contributed by atoms with van der Waals surface area (Å²) in [4.78, 5) is 4.37. The summed E-state index contributed by atoms with van der Waals surface area (Å²) in [5.41, 5.74) is 2.22. The average Bonchev–Trinajstić information content (AvgIpc) is 3.35. The molecular formula is C20H19FN4O2S. The summed E-state index contributed by atoms with van der Waals surface area (Å²) in [6, 6.07) is 8.14. The molecule has 0 bridgehead atoms. The van der Waals surface area contributed by atoms with Gasteiger partial charge >= 0.3 is 0 Å². The van der Waals surface area contributed by atoms with Crippen LogP contribution < -0.4 is 5.32 Å². The molecule has 28 heavy (non-hydrogen) atoms. The predicted molar refractivity (Wildman–Crippen MR) is 107 cm³/mol. The Morgan fingerprint density at radius 1 is 1.21 bits per heavy atom. The molecule has 1 aromatic carbocycles. The van der Waals surface area contributed by atoms with E-state index < -0.39 is 12.2 Å². The number of hydrogen-bond donors (Lipinski definition) is 3. The van der Waals surface area contributed by atoms with E-state index in [1.807, 2.05) is 18.4 Å². The van der Waals surface area contributed by atoms with Crippen LogP contribution in [0.2, 0.25) is 0 Å². The molecule has 1 aliphatic carbocycles. The Bertz CT molecular complexity index is 1170. The molecular weight excluding hydrogens is 379 g/mol. The maximum Gasteiger partial charge on any atom is 0.157 e. The molecule has 0 amide bonds. The molecule has 3 aromatic heterocycles. The van der Waals surface area contributed by atoms with Crippen molar-refractivity contribution >= 4 is 32.9 Å². The highest BCUT2D eigenvalue weighted by molar-refractivity contribution is 7.17. The van der Waals surface area contributed by atoms with Gasteiger partial charge < -0.3 is 15.5 Å². The molecule has 4 aromatic rings. The molecule has 0 saturated heterocycles. The molecule has 6 nitrogen and oxygen atoms in total. The summed E-state index contributed by atoms with van der Waals surface area (Å²) < 4.78 is 16.4. The zero-order chi connectivity index (χ0) is 19.4. The first-order chi connectivity index (χ1) is 13.5. The largest absolute Gasteiger partial charge is 0.390 e. The molecule has 4 atom stereocenters. The summed E-state index contributed by atoms with van der Waals surface area (Å²) in [5.74, 6) is 0.427. The van der Waals surface area contributed by atoms with Crippen molar-refractivity contribution < 1.29 is 14.6 Å². The summed E-state index contributed by atoms with van der Waals surface area (Å²) >= 11 is 1.55. The number of thiophene rings is 1. The zero-order valence-electron chi connectivity index (χ0n) is 15.1. The van der Waals surface area contributed by atoms with E-state index in [9.17, 15) is 14.6 Å². The molecule has 0 unspecified atom stereocenters. The minimum atomic E-state index is -0.836. The average molecular weight is 398 g/mol. The summed E-state index contributed by atoms with van der Waals surface area (Å²) in [7, 11) is 0. The van der Waals surface area contributed by atoms with Gasteiger partial charge in [-0.3, -0.25) is 0 Å². The lowest BCUT2D eigenvalue weighted by molar-refractivity contribution is 0.0210. The number of anilines is 1. The lowest BCUT2D eigenvalue weighted by Gasteiger charge is -2.19. The van der Waals surface area contributed by atoms with E-state index in [2.05, 4.69) is 15.4 Å².